The average molecular weight is 546 g/mol. The van der Waals surface area contributed by atoms with E-state index in [2.05, 4.69) is 10.1 Å². The Bertz CT molecular complexity index is 1270. The van der Waals surface area contributed by atoms with Crippen molar-refractivity contribution in [3.63, 3.8) is 0 Å². The zero-order valence-electron chi connectivity index (χ0n) is 22.7. The van der Waals surface area contributed by atoms with Crippen LogP contribution in [0.3, 0.4) is 0 Å². The van der Waals surface area contributed by atoms with E-state index in [1.807, 2.05) is 0 Å². The first kappa shape index (κ1) is 28.8. The predicted octanol–water partition coefficient (Wildman–Crippen LogP) is 7.98. The fourth-order valence-corrected chi connectivity index (χ4v) is 4.91. The highest BCUT2D eigenvalue weighted by molar-refractivity contribution is 5.75. The van der Waals surface area contributed by atoms with E-state index < -0.39 is 28.9 Å². The van der Waals surface area contributed by atoms with E-state index in [0.29, 0.717) is 35.4 Å². The summed E-state index contributed by atoms with van der Waals surface area (Å²) in [6.45, 7) is 5.17. The van der Waals surface area contributed by atoms with Crippen LogP contribution in [0, 0.1) is 23.0 Å². The van der Waals surface area contributed by atoms with Crippen LogP contribution in [0.25, 0.3) is 22.5 Å². The molecule has 0 unspecified atom stereocenters. The molecule has 1 aliphatic carbocycles. The summed E-state index contributed by atoms with van der Waals surface area (Å²) in [5, 5.41) is 4.32. The van der Waals surface area contributed by atoms with Crippen LogP contribution in [0.2, 0.25) is 0 Å². The minimum atomic E-state index is -2.80. The molecule has 0 N–H and O–H groups in total. The number of halogens is 4. The van der Waals surface area contributed by atoms with Crippen molar-refractivity contribution >= 4 is 5.97 Å². The summed E-state index contributed by atoms with van der Waals surface area (Å²) in [4.78, 5) is 16.2. The van der Waals surface area contributed by atoms with Crippen molar-refractivity contribution in [3.8, 4) is 22.5 Å². The summed E-state index contributed by atoms with van der Waals surface area (Å²) in [6.07, 6.45) is 4.67. The van der Waals surface area contributed by atoms with Gasteiger partial charge in [-0.2, -0.15) is 0 Å². The summed E-state index contributed by atoms with van der Waals surface area (Å²) in [5.74, 6) is -4.94. The second-order valence-corrected chi connectivity index (χ2v) is 11.4. The third kappa shape index (κ3) is 7.25. The monoisotopic (exact) mass is 545 g/mol. The predicted molar refractivity (Wildman–Crippen MR) is 141 cm³/mol. The molecule has 4 rings (SSSR count). The van der Waals surface area contributed by atoms with Gasteiger partial charge in [-0.15, -0.1) is 5.10 Å². The standard InChI is InChI=1S/C30H35F4N3O2/c1-29(2,3)28(38)39-19-37-18-35-27(36-37)21-10-7-9-20(15-21)22-16-25(31)24(26(32)17-22)13-8-14-30(33,34)23-11-5-4-6-12-23/h7,9-10,15-18,23H,4-6,8,11-14,19H2,1-3H3. The molecule has 0 amide bonds. The summed E-state index contributed by atoms with van der Waals surface area (Å²) in [7, 11) is 0. The van der Waals surface area contributed by atoms with Crippen LogP contribution >= 0.6 is 0 Å². The first-order chi connectivity index (χ1) is 18.4. The first-order valence-electron chi connectivity index (χ1n) is 13.5. The van der Waals surface area contributed by atoms with Crippen LogP contribution in [-0.2, 0) is 22.7 Å². The Labute approximate surface area is 226 Å². The Morgan fingerprint density at radius 3 is 2.33 bits per heavy atom. The molecule has 5 nitrogen and oxygen atoms in total. The number of aromatic nitrogens is 3. The van der Waals surface area contributed by atoms with Crippen molar-refractivity contribution in [2.24, 2.45) is 11.3 Å². The topological polar surface area (TPSA) is 57.0 Å². The van der Waals surface area contributed by atoms with Gasteiger partial charge in [-0.05, 0) is 75.8 Å². The lowest BCUT2D eigenvalue weighted by Gasteiger charge is -2.30. The van der Waals surface area contributed by atoms with Crippen molar-refractivity contribution in [1.82, 2.24) is 14.8 Å². The summed E-state index contributed by atoms with van der Waals surface area (Å²) in [6, 6.07) is 9.37. The Morgan fingerprint density at radius 1 is 1.00 bits per heavy atom. The summed E-state index contributed by atoms with van der Waals surface area (Å²) < 4.78 is 65.7. The molecule has 3 aromatic rings. The molecular weight excluding hydrogens is 510 g/mol. The molecule has 1 aromatic heterocycles. The number of carbonyl (C=O) groups is 1. The van der Waals surface area contributed by atoms with Crippen molar-refractivity contribution in [2.45, 2.75) is 84.8 Å². The second kappa shape index (κ2) is 11.9. The minimum absolute atomic E-state index is 0.0194. The Hall–Kier alpha value is -3.23. The number of rotatable bonds is 9. The fourth-order valence-electron chi connectivity index (χ4n) is 4.91. The molecule has 1 fully saturated rings. The quantitative estimate of drug-likeness (QED) is 0.202. The number of alkyl halides is 2. The molecule has 2 aromatic carbocycles. The number of carbonyl (C=O) groups excluding carboxylic acids is 1. The van der Waals surface area contributed by atoms with Crippen molar-refractivity contribution in [3.05, 3.63) is 59.9 Å². The van der Waals surface area contributed by atoms with Crippen LogP contribution in [0.1, 0.15) is 71.3 Å². The zero-order chi connectivity index (χ0) is 28.2. The van der Waals surface area contributed by atoms with E-state index in [4.69, 9.17) is 4.74 Å². The molecule has 39 heavy (non-hydrogen) atoms. The van der Waals surface area contributed by atoms with Gasteiger partial charge >= 0.3 is 5.97 Å². The van der Waals surface area contributed by atoms with Crippen molar-refractivity contribution in [2.75, 3.05) is 0 Å². The number of esters is 1. The van der Waals surface area contributed by atoms with Gasteiger partial charge in [-0.25, -0.2) is 27.2 Å². The highest BCUT2D eigenvalue weighted by atomic mass is 19.3. The van der Waals surface area contributed by atoms with Gasteiger partial charge in [0, 0.05) is 23.5 Å². The molecule has 0 atom stereocenters. The lowest BCUT2D eigenvalue weighted by Crippen LogP contribution is -2.30. The largest absolute Gasteiger partial charge is 0.442 e. The molecule has 0 bridgehead atoms. The van der Waals surface area contributed by atoms with Gasteiger partial charge < -0.3 is 4.74 Å². The molecule has 0 aliphatic heterocycles. The first-order valence-corrected chi connectivity index (χ1v) is 13.5. The van der Waals surface area contributed by atoms with E-state index in [1.165, 1.54) is 23.1 Å². The number of ether oxygens (including phenoxy) is 1. The third-order valence-electron chi connectivity index (χ3n) is 7.21. The van der Waals surface area contributed by atoms with Gasteiger partial charge in [0.05, 0.1) is 5.41 Å². The normalized spacial score (nSPS) is 14.9. The van der Waals surface area contributed by atoms with E-state index in [1.54, 1.807) is 45.0 Å². The Morgan fingerprint density at radius 2 is 1.67 bits per heavy atom. The maximum Gasteiger partial charge on any atom is 0.313 e. The zero-order valence-corrected chi connectivity index (χ0v) is 22.7. The van der Waals surface area contributed by atoms with E-state index in [9.17, 15) is 22.4 Å². The molecule has 9 heteroatoms. The van der Waals surface area contributed by atoms with Gasteiger partial charge in [0.2, 0.25) is 0 Å². The van der Waals surface area contributed by atoms with Crippen LogP contribution in [0.5, 0.6) is 0 Å². The van der Waals surface area contributed by atoms with Gasteiger partial charge in [0.15, 0.2) is 12.6 Å². The number of hydrogen-bond acceptors (Lipinski definition) is 4. The van der Waals surface area contributed by atoms with Crippen LogP contribution in [0.4, 0.5) is 17.6 Å². The Kier molecular flexibility index (Phi) is 8.76. The minimum Gasteiger partial charge on any atom is -0.442 e. The van der Waals surface area contributed by atoms with Crippen molar-refractivity contribution in [1.29, 1.82) is 0 Å². The van der Waals surface area contributed by atoms with Gasteiger partial charge in [-0.3, -0.25) is 4.79 Å². The lowest BCUT2D eigenvalue weighted by atomic mass is 9.82. The van der Waals surface area contributed by atoms with E-state index in [0.717, 1.165) is 19.3 Å². The SMILES string of the molecule is CC(C)(C)C(=O)OCn1cnc(-c2cccc(-c3cc(F)c(CCCC(F)(F)C4CCCCC4)c(F)c3)c2)n1. The molecule has 1 heterocycles. The lowest BCUT2D eigenvalue weighted by molar-refractivity contribution is -0.157. The maximum absolute atomic E-state index is 14.9. The van der Waals surface area contributed by atoms with E-state index >= 15 is 0 Å². The fraction of sp³-hybridized carbons (Fsp3) is 0.500. The van der Waals surface area contributed by atoms with Crippen LogP contribution in [0.15, 0.2) is 42.7 Å². The molecule has 210 valence electrons. The second-order valence-electron chi connectivity index (χ2n) is 11.4. The molecule has 0 saturated heterocycles. The number of hydrogen-bond donors (Lipinski definition) is 0. The van der Waals surface area contributed by atoms with Crippen LogP contribution < -0.4 is 0 Å². The number of nitrogens with zero attached hydrogens (tertiary/aromatic N) is 3. The smallest absolute Gasteiger partial charge is 0.313 e. The summed E-state index contributed by atoms with van der Waals surface area (Å²) in [5.41, 5.74) is 0.679. The average Bonchev–Trinajstić information content (AvgIpc) is 3.38. The number of benzene rings is 2. The maximum atomic E-state index is 14.9. The van der Waals surface area contributed by atoms with Gasteiger partial charge in [0.25, 0.3) is 5.92 Å². The molecule has 1 saturated carbocycles. The van der Waals surface area contributed by atoms with Crippen molar-refractivity contribution < 1.29 is 27.1 Å². The van der Waals surface area contributed by atoms with Gasteiger partial charge in [0.1, 0.15) is 18.0 Å². The molecule has 0 spiro atoms. The summed E-state index contributed by atoms with van der Waals surface area (Å²) >= 11 is 0. The van der Waals surface area contributed by atoms with Crippen LogP contribution in [-0.4, -0.2) is 26.7 Å². The third-order valence-corrected chi connectivity index (χ3v) is 7.21. The highest BCUT2D eigenvalue weighted by Crippen LogP contribution is 2.40. The molecule has 0 radical (unpaired) electrons. The highest BCUT2D eigenvalue weighted by Gasteiger charge is 2.39. The Balaban J connectivity index is 1.42. The molecule has 1 aliphatic rings. The molecular formula is C30H35F4N3O2. The van der Waals surface area contributed by atoms with Gasteiger partial charge in [-0.1, -0.05) is 37.5 Å². The van der Waals surface area contributed by atoms with E-state index in [-0.39, 0.29) is 37.5 Å².